The number of aromatic nitrogens is 3. The number of anilines is 1. The first-order valence-corrected chi connectivity index (χ1v) is 13.0. The fraction of sp³-hybridized carbons (Fsp3) is 0.346. The van der Waals surface area contributed by atoms with Crippen LogP contribution in [0.1, 0.15) is 55.0 Å². The van der Waals surface area contributed by atoms with Gasteiger partial charge in [0, 0.05) is 39.1 Å². The predicted octanol–water partition coefficient (Wildman–Crippen LogP) is 7.15. The van der Waals surface area contributed by atoms with Gasteiger partial charge in [0.1, 0.15) is 6.04 Å². The summed E-state index contributed by atoms with van der Waals surface area (Å²) in [5.41, 5.74) is 6.03. The number of fused-ring (bicyclic) bond motifs is 1. The number of allylic oxidation sites excluding steroid dienone is 2. The fourth-order valence-electron chi connectivity index (χ4n) is 4.76. The van der Waals surface area contributed by atoms with Gasteiger partial charge in [-0.1, -0.05) is 78.6 Å². The van der Waals surface area contributed by atoms with Crippen molar-refractivity contribution in [3.63, 3.8) is 0 Å². The second-order valence-electron chi connectivity index (χ2n) is 9.91. The van der Waals surface area contributed by atoms with Crippen LogP contribution in [0.3, 0.4) is 0 Å². The normalized spacial score (nSPS) is 19.0. The van der Waals surface area contributed by atoms with Crippen LogP contribution < -0.4 is 5.32 Å². The summed E-state index contributed by atoms with van der Waals surface area (Å²) in [6.45, 7) is 8.45. The van der Waals surface area contributed by atoms with E-state index in [1.54, 1.807) is 28.6 Å². The van der Waals surface area contributed by atoms with Crippen LogP contribution in [0.15, 0.2) is 52.8 Å². The Bertz CT molecular complexity index is 1340. The number of hydrogen-bond donors (Lipinski definition) is 1. The van der Waals surface area contributed by atoms with Crippen molar-refractivity contribution >= 4 is 46.7 Å². The topological polar surface area (TPSA) is 59.8 Å². The van der Waals surface area contributed by atoms with Crippen molar-refractivity contribution in [3.05, 3.63) is 80.0 Å². The summed E-state index contributed by atoms with van der Waals surface area (Å²) >= 11 is 14.4. The average molecular weight is 513 g/mol. The molecule has 0 radical (unpaired) electrons. The number of nitrogens with zero attached hydrogens (tertiary/aromatic N) is 3. The molecule has 176 valence electrons. The number of ketones is 1. The van der Waals surface area contributed by atoms with Crippen LogP contribution in [0.5, 0.6) is 0 Å². The van der Waals surface area contributed by atoms with Crippen molar-refractivity contribution in [2.24, 2.45) is 5.41 Å². The zero-order chi connectivity index (χ0) is 24.2. The van der Waals surface area contributed by atoms with E-state index >= 15 is 0 Å². The standard InChI is InChI=1S/C26H26Cl2N4OS/c1-14-5-6-15(2)16(9-14)13-34-25-30-24-29-20-11-26(3,4)12-21(33)22(20)23(32(24)31-25)18-8-7-17(27)10-19(18)28/h5-10,23H,11-13H2,1-4H3,(H,29,30,31)/t23-/m1/s1. The van der Waals surface area contributed by atoms with E-state index in [4.69, 9.17) is 33.3 Å². The minimum absolute atomic E-state index is 0.112. The number of halogens is 2. The third kappa shape index (κ3) is 4.39. The molecular formula is C26H26Cl2N4OS. The van der Waals surface area contributed by atoms with Gasteiger partial charge in [-0.15, -0.1) is 5.10 Å². The largest absolute Gasteiger partial charge is 0.328 e. The monoisotopic (exact) mass is 512 g/mol. The molecule has 34 heavy (non-hydrogen) atoms. The van der Waals surface area contributed by atoms with Gasteiger partial charge in [0.05, 0.1) is 0 Å². The number of carbonyl (C=O) groups is 1. The SMILES string of the molecule is Cc1ccc(C)c(CSc2nc3n(n2)[C@H](c2ccc(Cl)cc2Cl)C2=C(CC(C)(C)CC2=O)N3)c1. The summed E-state index contributed by atoms with van der Waals surface area (Å²) in [6.07, 6.45) is 1.24. The van der Waals surface area contributed by atoms with Crippen molar-refractivity contribution in [3.8, 4) is 0 Å². The molecule has 2 aliphatic rings. The summed E-state index contributed by atoms with van der Waals surface area (Å²) in [6, 6.07) is 11.4. The molecule has 5 rings (SSSR count). The van der Waals surface area contributed by atoms with Crippen LogP contribution in [0, 0.1) is 19.3 Å². The Hall–Kier alpha value is -2.28. The van der Waals surface area contributed by atoms with E-state index in [1.165, 1.54) is 16.7 Å². The van der Waals surface area contributed by atoms with E-state index in [-0.39, 0.29) is 11.2 Å². The molecule has 1 N–H and O–H groups in total. The van der Waals surface area contributed by atoms with E-state index in [2.05, 4.69) is 51.2 Å². The van der Waals surface area contributed by atoms with Gasteiger partial charge in [0.25, 0.3) is 0 Å². The smallest absolute Gasteiger partial charge is 0.227 e. The molecule has 2 aromatic carbocycles. The lowest BCUT2D eigenvalue weighted by Gasteiger charge is -2.38. The molecule has 0 unspecified atom stereocenters. The predicted molar refractivity (Wildman–Crippen MR) is 139 cm³/mol. The summed E-state index contributed by atoms with van der Waals surface area (Å²) in [7, 11) is 0. The number of aryl methyl sites for hydroxylation is 2. The Balaban J connectivity index is 1.55. The van der Waals surface area contributed by atoms with Crippen molar-refractivity contribution < 1.29 is 4.79 Å². The number of rotatable bonds is 4. The summed E-state index contributed by atoms with van der Waals surface area (Å²) in [5, 5.41) is 9.97. The lowest BCUT2D eigenvalue weighted by Crippen LogP contribution is -2.36. The number of carbonyl (C=O) groups excluding carboxylic acids is 1. The fourth-order valence-corrected chi connectivity index (χ4v) is 6.16. The maximum Gasteiger partial charge on any atom is 0.227 e. The Morgan fingerprint density at radius 3 is 2.71 bits per heavy atom. The van der Waals surface area contributed by atoms with Crippen LogP contribution >= 0.6 is 35.0 Å². The Morgan fingerprint density at radius 2 is 1.94 bits per heavy atom. The molecule has 3 aromatic rings. The van der Waals surface area contributed by atoms with E-state index < -0.39 is 6.04 Å². The lowest BCUT2D eigenvalue weighted by molar-refractivity contribution is -0.118. The zero-order valence-corrected chi connectivity index (χ0v) is 21.9. The van der Waals surface area contributed by atoms with Crippen molar-refractivity contribution in [2.75, 3.05) is 5.32 Å². The molecule has 5 nitrogen and oxygen atoms in total. The van der Waals surface area contributed by atoms with Crippen LogP contribution in [0.4, 0.5) is 5.95 Å². The minimum atomic E-state index is -0.442. The molecule has 1 aliphatic heterocycles. The van der Waals surface area contributed by atoms with Crippen LogP contribution in [0.2, 0.25) is 10.0 Å². The molecule has 0 fully saturated rings. The molecule has 1 atom stereocenters. The number of thioether (sulfide) groups is 1. The second kappa shape index (κ2) is 8.74. The maximum absolute atomic E-state index is 13.4. The number of Topliss-reactive ketones (excluding diaryl/α,β-unsaturated/α-hetero) is 1. The number of benzene rings is 2. The summed E-state index contributed by atoms with van der Waals surface area (Å²) in [5.74, 6) is 1.51. The molecule has 0 saturated carbocycles. The van der Waals surface area contributed by atoms with Gasteiger partial charge in [0.15, 0.2) is 5.78 Å². The van der Waals surface area contributed by atoms with Gasteiger partial charge in [-0.25, -0.2) is 4.68 Å². The number of hydrogen-bond acceptors (Lipinski definition) is 5. The highest BCUT2D eigenvalue weighted by molar-refractivity contribution is 7.98. The van der Waals surface area contributed by atoms with Gasteiger partial charge in [0.2, 0.25) is 11.1 Å². The minimum Gasteiger partial charge on any atom is -0.328 e. The van der Waals surface area contributed by atoms with E-state index in [0.29, 0.717) is 33.1 Å². The van der Waals surface area contributed by atoms with Crippen LogP contribution in [-0.4, -0.2) is 20.5 Å². The second-order valence-corrected chi connectivity index (χ2v) is 11.7. The number of nitrogens with one attached hydrogen (secondary N) is 1. The molecule has 8 heteroatoms. The molecule has 1 aromatic heterocycles. The molecule has 0 bridgehead atoms. The van der Waals surface area contributed by atoms with Gasteiger partial charge in [-0.05, 0) is 48.9 Å². The lowest BCUT2D eigenvalue weighted by atomic mass is 9.73. The third-order valence-corrected chi connectivity index (χ3v) is 7.88. The van der Waals surface area contributed by atoms with Gasteiger partial charge >= 0.3 is 0 Å². The van der Waals surface area contributed by atoms with E-state index in [9.17, 15) is 4.79 Å². The first kappa shape index (κ1) is 23.5. The maximum atomic E-state index is 13.4. The molecule has 0 amide bonds. The van der Waals surface area contributed by atoms with Crippen LogP contribution in [-0.2, 0) is 10.5 Å². The van der Waals surface area contributed by atoms with Crippen LogP contribution in [0.25, 0.3) is 0 Å². The quantitative estimate of drug-likeness (QED) is 0.376. The molecule has 2 heterocycles. The highest BCUT2D eigenvalue weighted by Crippen LogP contribution is 2.47. The zero-order valence-electron chi connectivity index (χ0n) is 19.6. The summed E-state index contributed by atoms with van der Waals surface area (Å²) in [4.78, 5) is 18.2. The van der Waals surface area contributed by atoms with Crippen molar-refractivity contribution in [1.29, 1.82) is 0 Å². The van der Waals surface area contributed by atoms with Crippen molar-refractivity contribution in [2.45, 2.75) is 57.5 Å². The van der Waals surface area contributed by atoms with Gasteiger partial charge in [-0.2, -0.15) is 4.98 Å². The summed E-state index contributed by atoms with van der Waals surface area (Å²) < 4.78 is 1.80. The first-order valence-electron chi connectivity index (χ1n) is 11.2. The molecule has 1 aliphatic carbocycles. The highest BCUT2D eigenvalue weighted by atomic mass is 35.5. The van der Waals surface area contributed by atoms with E-state index in [1.807, 2.05) is 6.07 Å². The molecule has 0 spiro atoms. The van der Waals surface area contributed by atoms with Gasteiger partial charge < -0.3 is 5.32 Å². The molecule has 0 saturated heterocycles. The Labute approximate surface area is 213 Å². The van der Waals surface area contributed by atoms with Gasteiger partial charge in [-0.3, -0.25) is 4.79 Å². The molecular weight excluding hydrogens is 487 g/mol. The highest BCUT2D eigenvalue weighted by Gasteiger charge is 2.42. The van der Waals surface area contributed by atoms with E-state index in [0.717, 1.165) is 23.4 Å². The Morgan fingerprint density at radius 1 is 1.15 bits per heavy atom. The third-order valence-electron chi connectivity index (χ3n) is 6.43. The Kier molecular flexibility index (Phi) is 6.03. The first-order chi connectivity index (χ1) is 16.1. The average Bonchev–Trinajstić information content (AvgIpc) is 3.15. The van der Waals surface area contributed by atoms with Crippen molar-refractivity contribution in [1.82, 2.24) is 14.8 Å².